The minimum atomic E-state index is -3.94. The number of nitrogens with zero attached hydrogens (tertiary/aromatic N) is 2. The SMILES string of the molecule is COCc1ccccc1Cc1ccc(N2CC(=O)NS2(=O)=O)c(O)c1.NCc1ccccc1Cc1ccc(N2CC(=O)NS2(=O)=O)c(O)c1. The van der Waals surface area contributed by atoms with Crippen molar-refractivity contribution in [3.63, 3.8) is 0 Å². The summed E-state index contributed by atoms with van der Waals surface area (Å²) in [5, 5.41) is 20.5. The zero-order chi connectivity index (χ0) is 35.3. The van der Waals surface area contributed by atoms with E-state index in [1.807, 2.05) is 58.0 Å². The summed E-state index contributed by atoms with van der Waals surface area (Å²) >= 11 is 0. The van der Waals surface area contributed by atoms with Crippen molar-refractivity contribution >= 4 is 43.6 Å². The summed E-state index contributed by atoms with van der Waals surface area (Å²) < 4.78 is 58.1. The van der Waals surface area contributed by atoms with Gasteiger partial charge in [-0.05, 0) is 70.5 Å². The number of phenols is 2. The first-order valence-electron chi connectivity index (χ1n) is 14.9. The second-order valence-electron chi connectivity index (χ2n) is 11.2. The second-order valence-corrected chi connectivity index (χ2v) is 14.4. The van der Waals surface area contributed by atoms with Gasteiger partial charge >= 0.3 is 20.4 Å². The average Bonchev–Trinajstić information content (AvgIpc) is 3.49. The van der Waals surface area contributed by atoms with Crippen LogP contribution in [0.5, 0.6) is 11.5 Å². The summed E-state index contributed by atoms with van der Waals surface area (Å²) in [5.74, 6) is -1.65. The Labute approximate surface area is 284 Å². The Morgan fingerprint density at radius 1 is 0.673 bits per heavy atom. The minimum Gasteiger partial charge on any atom is -0.506 e. The predicted molar refractivity (Wildman–Crippen MR) is 182 cm³/mol. The molecule has 2 amide bonds. The Morgan fingerprint density at radius 3 is 1.45 bits per heavy atom. The number of carbonyl (C=O) groups excluding carboxylic acids is 2. The van der Waals surface area contributed by atoms with Crippen molar-refractivity contribution in [2.75, 3.05) is 28.8 Å². The molecular weight excluding hydrogens is 675 g/mol. The number of amides is 2. The number of nitrogens with two attached hydrogens (primary N) is 1. The van der Waals surface area contributed by atoms with E-state index in [2.05, 4.69) is 0 Å². The summed E-state index contributed by atoms with van der Waals surface area (Å²) in [5.41, 5.74) is 11.7. The van der Waals surface area contributed by atoms with Crippen LogP contribution >= 0.6 is 0 Å². The van der Waals surface area contributed by atoms with Gasteiger partial charge in [0.05, 0.1) is 18.0 Å². The van der Waals surface area contributed by atoms with Crippen LogP contribution in [0.1, 0.15) is 33.4 Å². The maximum atomic E-state index is 11.9. The third-order valence-electron chi connectivity index (χ3n) is 7.80. The lowest BCUT2D eigenvalue weighted by atomic mass is 9.99. The molecule has 6 N–H and O–H groups in total. The number of rotatable bonds is 9. The predicted octanol–water partition coefficient (Wildman–Crippen LogP) is 1.93. The molecule has 2 aliphatic heterocycles. The molecule has 4 aromatic rings. The minimum absolute atomic E-state index is 0.0733. The zero-order valence-corrected chi connectivity index (χ0v) is 28.0. The first-order chi connectivity index (χ1) is 23.3. The average molecular weight is 710 g/mol. The summed E-state index contributed by atoms with van der Waals surface area (Å²) in [6, 6.07) is 25.0. The van der Waals surface area contributed by atoms with Crippen LogP contribution in [0.4, 0.5) is 11.4 Å². The number of benzene rings is 4. The van der Waals surface area contributed by atoms with Crippen LogP contribution in [-0.2, 0) is 60.7 Å². The molecule has 2 saturated heterocycles. The maximum Gasteiger partial charge on any atom is 0.326 e. The highest BCUT2D eigenvalue weighted by Crippen LogP contribution is 2.33. The maximum absolute atomic E-state index is 11.9. The van der Waals surface area contributed by atoms with Gasteiger partial charge in [0.2, 0.25) is 0 Å². The Balaban J connectivity index is 0.000000191. The number of hydrogen-bond donors (Lipinski definition) is 5. The molecule has 0 atom stereocenters. The molecule has 0 unspecified atom stereocenters. The van der Waals surface area contributed by atoms with Crippen molar-refractivity contribution in [2.24, 2.45) is 5.73 Å². The molecule has 6 rings (SSSR count). The van der Waals surface area contributed by atoms with E-state index in [9.17, 15) is 36.6 Å². The molecule has 258 valence electrons. The molecule has 14 nitrogen and oxygen atoms in total. The van der Waals surface area contributed by atoms with Gasteiger partial charge in [0.15, 0.2) is 0 Å². The smallest absolute Gasteiger partial charge is 0.326 e. The molecule has 0 radical (unpaired) electrons. The highest BCUT2D eigenvalue weighted by atomic mass is 32.2. The molecule has 0 spiro atoms. The standard InChI is InChI=1S/C17H18N2O5S.C16H17N3O4S/c1-24-11-14-5-3-2-4-13(14)8-12-6-7-15(16(20)9-12)19-10-17(21)18-25(19,22)23;17-9-13-4-2-1-3-12(13)7-11-5-6-14(15(20)8-11)19-10-16(21)18-24(19,22)23/h2-7,9,20H,8,10-11H2,1H3,(H,18,21);1-6,8,20H,7,9-10,17H2,(H,18,21). The van der Waals surface area contributed by atoms with Crippen molar-refractivity contribution in [1.29, 1.82) is 0 Å². The van der Waals surface area contributed by atoms with Crippen LogP contribution in [0.2, 0.25) is 0 Å². The van der Waals surface area contributed by atoms with Gasteiger partial charge in [-0.3, -0.25) is 9.59 Å². The third-order valence-corrected chi connectivity index (χ3v) is 10.6. The van der Waals surface area contributed by atoms with E-state index < -0.39 is 32.2 Å². The van der Waals surface area contributed by atoms with Crippen LogP contribution < -0.4 is 23.8 Å². The first kappa shape index (κ1) is 35.2. The van der Waals surface area contributed by atoms with Gasteiger partial charge in [-0.15, -0.1) is 0 Å². The number of aromatic hydroxyl groups is 2. The monoisotopic (exact) mass is 709 g/mol. The van der Waals surface area contributed by atoms with Crippen molar-refractivity contribution in [1.82, 2.24) is 9.44 Å². The lowest BCUT2D eigenvalue weighted by Crippen LogP contribution is -2.29. The molecule has 0 saturated carbocycles. The Bertz CT molecular complexity index is 2110. The summed E-state index contributed by atoms with van der Waals surface area (Å²) in [6.07, 6.45) is 1.13. The molecule has 0 bridgehead atoms. The topological polar surface area (TPSA) is 209 Å². The lowest BCUT2D eigenvalue weighted by Gasteiger charge is -2.17. The van der Waals surface area contributed by atoms with E-state index in [0.29, 0.717) is 26.0 Å². The Hall–Kier alpha value is -5.16. The van der Waals surface area contributed by atoms with E-state index in [1.165, 1.54) is 24.3 Å². The van der Waals surface area contributed by atoms with Gasteiger partial charge in [-0.25, -0.2) is 18.1 Å². The molecule has 16 heteroatoms. The van der Waals surface area contributed by atoms with E-state index in [0.717, 1.165) is 42.0 Å². The van der Waals surface area contributed by atoms with Crippen LogP contribution in [0.3, 0.4) is 0 Å². The number of phenolic OH excluding ortho intramolecular Hbond substituents is 2. The van der Waals surface area contributed by atoms with Crippen molar-refractivity contribution in [3.05, 3.63) is 118 Å². The zero-order valence-electron chi connectivity index (χ0n) is 26.4. The molecular formula is C33H35N5O9S2. The van der Waals surface area contributed by atoms with Crippen molar-refractivity contribution < 1.29 is 41.4 Å². The molecule has 0 aliphatic carbocycles. The summed E-state index contributed by atoms with van der Waals surface area (Å²) in [7, 11) is -6.25. The molecule has 49 heavy (non-hydrogen) atoms. The largest absolute Gasteiger partial charge is 0.506 e. The molecule has 0 aromatic heterocycles. The fraction of sp³-hybridized carbons (Fsp3) is 0.212. The number of carbonyl (C=O) groups is 2. The highest BCUT2D eigenvalue weighted by molar-refractivity contribution is 7.92. The van der Waals surface area contributed by atoms with Crippen LogP contribution in [0, 0.1) is 0 Å². The number of anilines is 2. The van der Waals surface area contributed by atoms with Crippen molar-refractivity contribution in [3.8, 4) is 11.5 Å². The molecule has 2 heterocycles. The Morgan fingerprint density at radius 2 is 1.08 bits per heavy atom. The number of methoxy groups -OCH3 is 1. The van der Waals surface area contributed by atoms with Gasteiger partial charge < -0.3 is 20.7 Å². The van der Waals surface area contributed by atoms with Crippen LogP contribution in [0.25, 0.3) is 0 Å². The normalized spacial score (nSPS) is 16.1. The molecule has 2 aliphatic rings. The number of ether oxygens (including phenoxy) is 1. The van der Waals surface area contributed by atoms with Crippen LogP contribution in [0.15, 0.2) is 84.9 Å². The van der Waals surface area contributed by atoms with Crippen LogP contribution in [-0.4, -0.2) is 59.1 Å². The number of hydrogen-bond acceptors (Lipinski definition) is 10. The second kappa shape index (κ2) is 14.5. The van der Waals surface area contributed by atoms with Gasteiger partial charge in [0.25, 0.3) is 11.8 Å². The fourth-order valence-electron chi connectivity index (χ4n) is 5.50. The van der Waals surface area contributed by atoms with E-state index in [-0.39, 0.29) is 36.0 Å². The lowest BCUT2D eigenvalue weighted by molar-refractivity contribution is -0.118. The highest BCUT2D eigenvalue weighted by Gasteiger charge is 2.36. The first-order valence-corrected chi connectivity index (χ1v) is 17.8. The molecule has 2 fully saturated rings. The van der Waals surface area contributed by atoms with Gasteiger partial charge in [-0.2, -0.15) is 16.8 Å². The fourth-order valence-corrected chi connectivity index (χ4v) is 7.82. The number of nitrogens with one attached hydrogen (secondary N) is 2. The quantitative estimate of drug-likeness (QED) is 0.171. The van der Waals surface area contributed by atoms with Crippen molar-refractivity contribution in [2.45, 2.75) is 26.0 Å². The van der Waals surface area contributed by atoms with Gasteiger partial charge in [-0.1, -0.05) is 60.7 Å². The van der Waals surface area contributed by atoms with E-state index in [1.54, 1.807) is 19.2 Å². The summed E-state index contributed by atoms with van der Waals surface area (Å²) in [6.45, 7) is 0.219. The van der Waals surface area contributed by atoms with E-state index >= 15 is 0 Å². The Kier molecular flexibility index (Phi) is 10.4. The van der Waals surface area contributed by atoms with Gasteiger partial charge in [0, 0.05) is 13.7 Å². The van der Waals surface area contributed by atoms with E-state index in [4.69, 9.17) is 10.5 Å². The van der Waals surface area contributed by atoms with Gasteiger partial charge in [0.1, 0.15) is 24.6 Å². The third kappa shape index (κ3) is 8.11. The molecule has 4 aromatic carbocycles. The summed E-state index contributed by atoms with van der Waals surface area (Å²) in [4.78, 5) is 22.6.